The minimum Gasteiger partial charge on any atom is -0.119 e. The van der Waals surface area contributed by atoms with Crippen LogP contribution in [0.3, 0.4) is 0 Å². The topological polar surface area (TPSA) is 0 Å². The molecule has 0 bridgehead atoms. The first-order valence-corrected chi connectivity index (χ1v) is 10.5. The fourth-order valence-electron chi connectivity index (χ4n) is 1.37. The lowest BCUT2D eigenvalue weighted by Gasteiger charge is -2.19. The van der Waals surface area contributed by atoms with Crippen LogP contribution in [0.5, 0.6) is 0 Å². The summed E-state index contributed by atoms with van der Waals surface area (Å²) in [5.74, 6) is 4.44. The van der Waals surface area contributed by atoms with Crippen LogP contribution < -0.4 is 0 Å². The largest absolute Gasteiger partial charge is 0.119 e. The van der Waals surface area contributed by atoms with Gasteiger partial charge in [0.15, 0.2) is 0 Å². The van der Waals surface area contributed by atoms with E-state index in [2.05, 4.69) is 65.7 Å². The molecular weight excluding hydrogens is 312 g/mol. The van der Waals surface area contributed by atoms with Crippen molar-refractivity contribution in [3.63, 3.8) is 0 Å². The third-order valence-corrected chi connectivity index (χ3v) is 5.52. The van der Waals surface area contributed by atoms with E-state index >= 15 is 0 Å². The van der Waals surface area contributed by atoms with E-state index in [4.69, 9.17) is 0 Å². The molecule has 0 aliphatic rings. The Labute approximate surface area is 146 Å². The fourth-order valence-corrected chi connectivity index (χ4v) is 4.45. The Morgan fingerprint density at radius 2 is 1.62 bits per heavy atom. The summed E-state index contributed by atoms with van der Waals surface area (Å²) in [6, 6.07) is 0. The van der Waals surface area contributed by atoms with Gasteiger partial charge in [0.25, 0.3) is 0 Å². The molecule has 0 aliphatic heterocycles. The smallest absolute Gasteiger partial charge is 0.0490 e. The van der Waals surface area contributed by atoms with Gasteiger partial charge >= 0.3 is 0 Å². The highest BCUT2D eigenvalue weighted by molar-refractivity contribution is 8.22. The van der Waals surface area contributed by atoms with E-state index in [0.717, 1.165) is 0 Å². The molecule has 0 N–H and O–H groups in total. The van der Waals surface area contributed by atoms with Crippen molar-refractivity contribution in [2.24, 2.45) is 0 Å². The molecule has 0 rings (SSSR count). The van der Waals surface area contributed by atoms with Gasteiger partial charge in [0.2, 0.25) is 0 Å². The molecule has 0 amide bonds. The molecule has 0 saturated carbocycles. The van der Waals surface area contributed by atoms with Crippen molar-refractivity contribution in [3.8, 4) is 11.2 Å². The SMILES string of the molecule is CCCCCCS/C(=C\C#CSC(C)(C)C)SC(C)(C)C. The van der Waals surface area contributed by atoms with Crippen molar-refractivity contribution in [2.75, 3.05) is 5.75 Å². The number of hydrogen-bond acceptors (Lipinski definition) is 3. The van der Waals surface area contributed by atoms with Crippen molar-refractivity contribution < 1.29 is 0 Å². The number of unbranched alkanes of at least 4 members (excludes halogenated alkanes) is 3. The van der Waals surface area contributed by atoms with Crippen LogP contribution in [0.4, 0.5) is 0 Å². The normalized spacial score (nSPS) is 13.0. The molecule has 0 nitrogen and oxygen atoms in total. The van der Waals surface area contributed by atoms with Crippen LogP contribution in [0.1, 0.15) is 74.1 Å². The highest BCUT2D eigenvalue weighted by Crippen LogP contribution is 2.38. The summed E-state index contributed by atoms with van der Waals surface area (Å²) in [5.41, 5.74) is 0. The molecule has 0 saturated heterocycles. The molecule has 0 spiro atoms. The van der Waals surface area contributed by atoms with Crippen molar-refractivity contribution in [3.05, 3.63) is 10.3 Å². The highest BCUT2D eigenvalue weighted by Gasteiger charge is 2.14. The molecule has 3 heteroatoms. The summed E-state index contributed by atoms with van der Waals surface area (Å²) in [4.78, 5) is 0. The van der Waals surface area contributed by atoms with Crippen LogP contribution in [0.25, 0.3) is 0 Å². The van der Waals surface area contributed by atoms with Crippen molar-refractivity contribution in [1.82, 2.24) is 0 Å². The maximum atomic E-state index is 3.23. The minimum absolute atomic E-state index is 0.214. The molecule has 0 fully saturated rings. The van der Waals surface area contributed by atoms with E-state index in [1.54, 1.807) is 11.8 Å². The fraction of sp³-hybridized carbons (Fsp3) is 0.778. The molecule has 21 heavy (non-hydrogen) atoms. The second-order valence-corrected chi connectivity index (χ2v) is 11.9. The van der Waals surface area contributed by atoms with E-state index in [0.29, 0.717) is 0 Å². The van der Waals surface area contributed by atoms with Gasteiger partial charge in [0.05, 0.1) is 0 Å². The Morgan fingerprint density at radius 1 is 0.952 bits per heavy atom. The minimum atomic E-state index is 0.214. The predicted octanol–water partition coefficient (Wildman–Crippen LogP) is 7.17. The molecule has 122 valence electrons. The van der Waals surface area contributed by atoms with E-state index in [9.17, 15) is 0 Å². The molecule has 0 heterocycles. The summed E-state index contributed by atoms with van der Waals surface area (Å²) < 4.78 is 1.83. The number of allylic oxidation sites excluding steroid dienone is 1. The summed E-state index contributed by atoms with van der Waals surface area (Å²) in [7, 11) is 0. The monoisotopic (exact) mass is 344 g/mol. The van der Waals surface area contributed by atoms with E-state index in [1.807, 2.05) is 23.5 Å². The summed E-state index contributed by atoms with van der Waals surface area (Å²) in [6.07, 6.45) is 7.43. The lowest BCUT2D eigenvalue weighted by molar-refractivity contribution is 0.707. The third kappa shape index (κ3) is 16.5. The van der Waals surface area contributed by atoms with Crippen LogP contribution in [0.15, 0.2) is 10.3 Å². The molecule has 0 aromatic carbocycles. The quantitative estimate of drug-likeness (QED) is 0.355. The number of thioether (sulfide) groups is 3. The van der Waals surface area contributed by atoms with Gasteiger partial charge < -0.3 is 0 Å². The van der Waals surface area contributed by atoms with Crippen LogP contribution in [-0.4, -0.2) is 15.2 Å². The zero-order valence-electron chi connectivity index (χ0n) is 14.8. The average molecular weight is 345 g/mol. The Bertz CT molecular complexity index is 359. The molecule has 0 unspecified atom stereocenters. The maximum absolute atomic E-state index is 3.23. The molecule has 0 aliphatic carbocycles. The van der Waals surface area contributed by atoms with Gasteiger partial charge in [-0.25, -0.2) is 0 Å². The number of hydrogen-bond donors (Lipinski definition) is 0. The van der Waals surface area contributed by atoms with Gasteiger partial charge in [0, 0.05) is 19.8 Å². The Kier molecular flexibility index (Phi) is 11.2. The van der Waals surface area contributed by atoms with Crippen molar-refractivity contribution in [1.29, 1.82) is 0 Å². The zero-order valence-corrected chi connectivity index (χ0v) is 17.3. The summed E-state index contributed by atoms with van der Waals surface area (Å²) >= 11 is 5.61. The summed E-state index contributed by atoms with van der Waals surface area (Å²) in [6.45, 7) is 15.6. The van der Waals surface area contributed by atoms with Crippen LogP contribution >= 0.6 is 35.3 Å². The van der Waals surface area contributed by atoms with Gasteiger partial charge in [-0.2, -0.15) is 0 Å². The lowest BCUT2D eigenvalue weighted by atomic mass is 10.2. The first kappa shape index (κ1) is 21.4. The molecule has 0 aromatic rings. The van der Waals surface area contributed by atoms with Crippen LogP contribution in [0, 0.1) is 11.2 Å². The molecular formula is C18H32S3. The van der Waals surface area contributed by atoms with Gasteiger partial charge in [-0.1, -0.05) is 85.4 Å². The average Bonchev–Trinajstić information content (AvgIpc) is 2.31. The lowest BCUT2D eigenvalue weighted by Crippen LogP contribution is -2.06. The molecule has 0 radical (unpaired) electrons. The second-order valence-electron chi connectivity index (χ2n) is 7.05. The zero-order chi connectivity index (χ0) is 16.4. The van der Waals surface area contributed by atoms with Gasteiger partial charge in [-0.15, -0.1) is 23.5 Å². The van der Waals surface area contributed by atoms with E-state index in [1.165, 1.54) is 35.7 Å². The van der Waals surface area contributed by atoms with Crippen molar-refractivity contribution >= 4 is 35.3 Å². The highest BCUT2D eigenvalue weighted by atomic mass is 32.2. The van der Waals surface area contributed by atoms with E-state index < -0.39 is 0 Å². The Hall–Kier alpha value is 0.350. The third-order valence-electron chi connectivity index (χ3n) is 2.26. The summed E-state index contributed by atoms with van der Waals surface area (Å²) in [5, 5.41) is 3.22. The number of rotatable bonds is 7. The Morgan fingerprint density at radius 3 is 2.14 bits per heavy atom. The van der Waals surface area contributed by atoms with Gasteiger partial charge in [-0.3, -0.25) is 0 Å². The Balaban J connectivity index is 4.44. The second kappa shape index (κ2) is 11.0. The van der Waals surface area contributed by atoms with Gasteiger partial charge in [0.1, 0.15) is 0 Å². The van der Waals surface area contributed by atoms with E-state index in [-0.39, 0.29) is 9.49 Å². The predicted molar refractivity (Wildman–Crippen MR) is 107 cm³/mol. The standard InChI is InChI=1S/C18H32S3/c1-8-9-10-11-14-19-16(21-18(5,6)7)13-12-15-20-17(2,3)4/h13H,8-11,14H2,1-7H3/b16-13+. The van der Waals surface area contributed by atoms with Crippen LogP contribution in [-0.2, 0) is 0 Å². The van der Waals surface area contributed by atoms with Crippen molar-refractivity contribution in [2.45, 2.75) is 83.6 Å². The molecule has 0 atom stereocenters. The maximum Gasteiger partial charge on any atom is 0.0490 e. The van der Waals surface area contributed by atoms with Crippen LogP contribution in [0.2, 0.25) is 0 Å². The first-order valence-electron chi connectivity index (χ1n) is 7.84. The first-order chi connectivity index (χ1) is 9.64. The van der Waals surface area contributed by atoms with Gasteiger partial charge in [-0.05, 0) is 17.4 Å². The molecule has 0 aromatic heterocycles.